The molecule has 2 fully saturated rings. The van der Waals surface area contributed by atoms with E-state index in [-0.39, 0.29) is 6.04 Å². The summed E-state index contributed by atoms with van der Waals surface area (Å²) in [7, 11) is 0. The average Bonchev–Trinajstić information content (AvgIpc) is 3.19. The summed E-state index contributed by atoms with van der Waals surface area (Å²) < 4.78 is 5.45. The summed E-state index contributed by atoms with van der Waals surface area (Å²) in [5.41, 5.74) is 0. The quantitative estimate of drug-likeness (QED) is 0.835. The molecule has 1 aromatic heterocycles. The number of likely N-dealkylation sites (tertiary alicyclic amines) is 2. The van der Waals surface area contributed by atoms with Gasteiger partial charge in [-0.1, -0.05) is 12.1 Å². The summed E-state index contributed by atoms with van der Waals surface area (Å²) in [5.74, 6) is 1.64. The molecule has 0 spiro atoms. The van der Waals surface area contributed by atoms with Crippen LogP contribution in [-0.2, 0) is 6.42 Å². The molecule has 3 rings (SSSR count). The summed E-state index contributed by atoms with van der Waals surface area (Å²) in [6, 6.07) is 1.05. The van der Waals surface area contributed by atoms with Gasteiger partial charge in [-0.15, -0.1) is 0 Å². The van der Waals surface area contributed by atoms with Crippen LogP contribution < -0.4 is 0 Å². The van der Waals surface area contributed by atoms with E-state index in [1.165, 1.54) is 38.8 Å². The lowest BCUT2D eigenvalue weighted by Crippen LogP contribution is -2.44. The number of aryl methyl sites for hydroxylation is 1. The van der Waals surface area contributed by atoms with Crippen molar-refractivity contribution in [1.82, 2.24) is 19.9 Å². The van der Waals surface area contributed by atoms with E-state index >= 15 is 0 Å². The fourth-order valence-electron chi connectivity index (χ4n) is 3.66. The van der Waals surface area contributed by atoms with Crippen molar-refractivity contribution < 1.29 is 4.52 Å². The summed E-state index contributed by atoms with van der Waals surface area (Å²) in [6.07, 6.45) is 7.31. The molecule has 5 heteroatoms. The lowest BCUT2D eigenvalue weighted by molar-refractivity contribution is 0.0891. The molecule has 0 saturated carbocycles. The summed E-state index contributed by atoms with van der Waals surface area (Å²) >= 11 is 0. The maximum Gasteiger partial charge on any atom is 0.243 e. The SMILES string of the molecule is CCCc1noc([C@@H](C)N2CCC(N3CCCC3)CC2)n1. The lowest BCUT2D eigenvalue weighted by Gasteiger charge is -2.38. The molecular weight excluding hydrogens is 264 g/mol. The maximum absolute atomic E-state index is 5.45. The first-order valence-corrected chi connectivity index (χ1v) is 8.58. The van der Waals surface area contributed by atoms with Crippen molar-refractivity contribution in [2.75, 3.05) is 26.2 Å². The molecule has 0 aliphatic carbocycles. The number of rotatable bonds is 5. The van der Waals surface area contributed by atoms with Crippen molar-refractivity contribution in [2.24, 2.45) is 0 Å². The molecule has 118 valence electrons. The molecule has 2 saturated heterocycles. The van der Waals surface area contributed by atoms with E-state index in [1.807, 2.05) is 0 Å². The van der Waals surface area contributed by atoms with Crippen molar-refractivity contribution in [3.63, 3.8) is 0 Å². The van der Waals surface area contributed by atoms with Gasteiger partial charge in [-0.3, -0.25) is 4.90 Å². The fourth-order valence-corrected chi connectivity index (χ4v) is 3.66. The van der Waals surface area contributed by atoms with Crippen LogP contribution in [-0.4, -0.2) is 52.2 Å². The minimum absolute atomic E-state index is 0.252. The number of hydrogen-bond donors (Lipinski definition) is 0. The molecule has 1 aromatic rings. The zero-order chi connectivity index (χ0) is 14.7. The van der Waals surface area contributed by atoms with Crippen LogP contribution in [0, 0.1) is 0 Å². The predicted molar refractivity (Wildman–Crippen MR) is 82.1 cm³/mol. The minimum atomic E-state index is 0.252. The Morgan fingerprint density at radius 2 is 1.90 bits per heavy atom. The minimum Gasteiger partial charge on any atom is -0.338 e. The normalized spacial score (nSPS) is 23.7. The zero-order valence-electron chi connectivity index (χ0n) is 13.4. The molecule has 0 bridgehead atoms. The molecule has 0 amide bonds. The van der Waals surface area contributed by atoms with Crippen LogP contribution in [0.1, 0.15) is 63.7 Å². The number of piperidine rings is 1. The highest BCUT2D eigenvalue weighted by molar-refractivity contribution is 4.94. The van der Waals surface area contributed by atoms with Gasteiger partial charge < -0.3 is 9.42 Å². The maximum atomic E-state index is 5.45. The zero-order valence-corrected chi connectivity index (χ0v) is 13.4. The molecule has 0 unspecified atom stereocenters. The van der Waals surface area contributed by atoms with Crippen LogP contribution in [0.5, 0.6) is 0 Å². The van der Waals surface area contributed by atoms with Crippen molar-refractivity contribution >= 4 is 0 Å². The Morgan fingerprint density at radius 3 is 2.57 bits per heavy atom. The van der Waals surface area contributed by atoms with Gasteiger partial charge in [0.2, 0.25) is 5.89 Å². The Kier molecular flexibility index (Phi) is 4.91. The Morgan fingerprint density at radius 1 is 1.19 bits per heavy atom. The van der Waals surface area contributed by atoms with Crippen LogP contribution in [0.25, 0.3) is 0 Å². The van der Waals surface area contributed by atoms with Gasteiger partial charge >= 0.3 is 0 Å². The van der Waals surface area contributed by atoms with E-state index in [0.717, 1.165) is 43.7 Å². The Labute approximate surface area is 127 Å². The van der Waals surface area contributed by atoms with E-state index in [0.29, 0.717) is 0 Å². The van der Waals surface area contributed by atoms with Crippen LogP contribution >= 0.6 is 0 Å². The third kappa shape index (κ3) is 3.46. The van der Waals surface area contributed by atoms with E-state index in [9.17, 15) is 0 Å². The largest absolute Gasteiger partial charge is 0.338 e. The third-order valence-corrected chi connectivity index (χ3v) is 5.02. The van der Waals surface area contributed by atoms with Crippen molar-refractivity contribution in [2.45, 2.75) is 64.5 Å². The second-order valence-corrected chi connectivity index (χ2v) is 6.49. The third-order valence-electron chi connectivity index (χ3n) is 5.02. The molecule has 2 aliphatic heterocycles. The van der Waals surface area contributed by atoms with Gasteiger partial charge in [-0.25, -0.2) is 0 Å². The molecule has 3 heterocycles. The van der Waals surface area contributed by atoms with Gasteiger partial charge in [0.05, 0.1) is 6.04 Å². The van der Waals surface area contributed by atoms with Gasteiger partial charge in [0.25, 0.3) is 0 Å². The Bertz CT molecular complexity index is 433. The van der Waals surface area contributed by atoms with Crippen molar-refractivity contribution in [3.8, 4) is 0 Å². The van der Waals surface area contributed by atoms with Crippen LogP contribution in [0.4, 0.5) is 0 Å². The van der Waals surface area contributed by atoms with Crippen molar-refractivity contribution in [3.05, 3.63) is 11.7 Å². The molecular formula is C16H28N4O. The standard InChI is InChI=1S/C16H28N4O/c1-3-6-15-17-16(21-18-15)13(2)19-11-7-14(8-12-19)20-9-4-5-10-20/h13-14H,3-12H2,1-2H3/t13-/m1/s1. The first kappa shape index (κ1) is 15.0. The smallest absolute Gasteiger partial charge is 0.243 e. The van der Waals surface area contributed by atoms with E-state index in [1.54, 1.807) is 0 Å². The van der Waals surface area contributed by atoms with Gasteiger partial charge in [0.1, 0.15) is 0 Å². The highest BCUT2D eigenvalue weighted by Crippen LogP contribution is 2.26. The van der Waals surface area contributed by atoms with Gasteiger partial charge in [0, 0.05) is 25.6 Å². The first-order chi connectivity index (χ1) is 10.3. The van der Waals surface area contributed by atoms with E-state index in [2.05, 4.69) is 33.8 Å². The summed E-state index contributed by atoms with van der Waals surface area (Å²) in [6.45, 7) is 9.25. The van der Waals surface area contributed by atoms with Crippen LogP contribution in [0.2, 0.25) is 0 Å². The molecule has 0 radical (unpaired) electrons. The molecule has 21 heavy (non-hydrogen) atoms. The second-order valence-electron chi connectivity index (χ2n) is 6.49. The molecule has 0 N–H and O–H groups in total. The monoisotopic (exact) mass is 292 g/mol. The Balaban J connectivity index is 1.52. The number of nitrogens with zero attached hydrogens (tertiary/aromatic N) is 4. The first-order valence-electron chi connectivity index (χ1n) is 8.58. The summed E-state index contributed by atoms with van der Waals surface area (Å²) in [5, 5.41) is 4.08. The number of hydrogen-bond acceptors (Lipinski definition) is 5. The highest BCUT2D eigenvalue weighted by atomic mass is 16.5. The fraction of sp³-hybridized carbons (Fsp3) is 0.875. The Hall–Kier alpha value is -0.940. The predicted octanol–water partition coefficient (Wildman–Crippen LogP) is 2.64. The number of aromatic nitrogens is 2. The van der Waals surface area contributed by atoms with E-state index in [4.69, 9.17) is 4.52 Å². The highest BCUT2D eigenvalue weighted by Gasteiger charge is 2.30. The van der Waals surface area contributed by atoms with Gasteiger partial charge in [0.15, 0.2) is 5.82 Å². The van der Waals surface area contributed by atoms with Crippen LogP contribution in [0.15, 0.2) is 4.52 Å². The molecule has 1 atom stereocenters. The molecule has 5 nitrogen and oxygen atoms in total. The van der Waals surface area contributed by atoms with E-state index < -0.39 is 0 Å². The lowest BCUT2D eigenvalue weighted by atomic mass is 10.0. The molecule has 0 aromatic carbocycles. The van der Waals surface area contributed by atoms with Gasteiger partial charge in [-0.05, 0) is 52.1 Å². The topological polar surface area (TPSA) is 45.4 Å². The average molecular weight is 292 g/mol. The summed E-state index contributed by atoms with van der Waals surface area (Å²) in [4.78, 5) is 9.73. The van der Waals surface area contributed by atoms with Crippen LogP contribution in [0.3, 0.4) is 0 Å². The van der Waals surface area contributed by atoms with Crippen molar-refractivity contribution in [1.29, 1.82) is 0 Å². The second kappa shape index (κ2) is 6.88. The van der Waals surface area contributed by atoms with Gasteiger partial charge in [-0.2, -0.15) is 4.98 Å². The molecule has 2 aliphatic rings.